The number of aliphatic hydroxyl groups excluding tert-OH is 1. The van der Waals surface area contributed by atoms with Crippen molar-refractivity contribution >= 4 is 11.7 Å². The molecule has 1 fully saturated rings. The van der Waals surface area contributed by atoms with E-state index < -0.39 is 0 Å². The summed E-state index contributed by atoms with van der Waals surface area (Å²) >= 11 is 0. The van der Waals surface area contributed by atoms with Crippen molar-refractivity contribution in [3.8, 4) is 0 Å². The molecule has 5 nitrogen and oxygen atoms in total. The second-order valence-electron chi connectivity index (χ2n) is 4.53. The molecule has 98 valence electrons. The van der Waals surface area contributed by atoms with Gasteiger partial charge in [-0.3, -0.25) is 4.98 Å². The van der Waals surface area contributed by atoms with Gasteiger partial charge in [0, 0.05) is 25.4 Å². The Hall–Kier alpha value is -1.62. The number of aromatic nitrogens is 1. The molecule has 1 atom stereocenters. The molecule has 1 aromatic rings. The lowest BCUT2D eigenvalue weighted by atomic mass is 10.0. The Morgan fingerprint density at radius 1 is 1.56 bits per heavy atom. The first-order valence-corrected chi connectivity index (χ1v) is 6.40. The molecule has 2 heterocycles. The minimum absolute atomic E-state index is 0.0962. The average Bonchev–Trinajstić information content (AvgIpc) is 2.41. The maximum absolute atomic E-state index is 12.2. The number of hydrogen-bond donors (Lipinski definition) is 2. The molecule has 5 heteroatoms. The Kier molecular flexibility index (Phi) is 4.52. The van der Waals surface area contributed by atoms with Gasteiger partial charge in [0.25, 0.3) is 0 Å². The van der Waals surface area contributed by atoms with E-state index in [4.69, 9.17) is 5.11 Å². The summed E-state index contributed by atoms with van der Waals surface area (Å²) < 4.78 is 0. The molecule has 0 spiro atoms. The highest BCUT2D eigenvalue weighted by Crippen LogP contribution is 2.20. The molecule has 1 saturated heterocycles. The van der Waals surface area contributed by atoms with Crippen LogP contribution < -0.4 is 5.32 Å². The highest BCUT2D eigenvalue weighted by Gasteiger charge is 2.26. The predicted molar refractivity (Wildman–Crippen MR) is 69.3 cm³/mol. The molecule has 1 aromatic heterocycles. The van der Waals surface area contributed by atoms with Crippen LogP contribution in [-0.2, 0) is 0 Å². The van der Waals surface area contributed by atoms with E-state index in [1.54, 1.807) is 18.5 Å². The van der Waals surface area contributed by atoms with Crippen molar-refractivity contribution in [2.24, 2.45) is 0 Å². The maximum atomic E-state index is 12.2. The summed E-state index contributed by atoms with van der Waals surface area (Å²) in [5.41, 5.74) is 0.704. The fourth-order valence-corrected chi connectivity index (χ4v) is 2.35. The second-order valence-corrected chi connectivity index (χ2v) is 4.53. The van der Waals surface area contributed by atoms with Gasteiger partial charge in [-0.05, 0) is 37.8 Å². The van der Waals surface area contributed by atoms with Gasteiger partial charge in [-0.15, -0.1) is 0 Å². The van der Waals surface area contributed by atoms with Crippen molar-refractivity contribution in [1.29, 1.82) is 0 Å². The predicted octanol–water partition coefficient (Wildman–Crippen LogP) is 1.85. The van der Waals surface area contributed by atoms with E-state index >= 15 is 0 Å². The summed E-state index contributed by atoms with van der Waals surface area (Å²) in [5, 5.41) is 11.9. The van der Waals surface area contributed by atoms with Crippen LogP contribution in [0.1, 0.15) is 25.7 Å². The molecule has 0 bridgehead atoms. The highest BCUT2D eigenvalue weighted by atomic mass is 16.3. The molecule has 1 unspecified atom stereocenters. The van der Waals surface area contributed by atoms with Crippen molar-refractivity contribution < 1.29 is 9.90 Å². The summed E-state index contributed by atoms with van der Waals surface area (Å²) in [6.45, 7) is 0.887. The van der Waals surface area contributed by atoms with Crippen molar-refractivity contribution in [1.82, 2.24) is 9.88 Å². The maximum Gasteiger partial charge on any atom is 0.322 e. The fraction of sp³-hybridized carbons (Fsp3) is 0.538. The van der Waals surface area contributed by atoms with Gasteiger partial charge in [-0.25, -0.2) is 4.79 Å². The number of likely N-dealkylation sites (tertiary alicyclic amines) is 1. The molecule has 2 N–H and O–H groups in total. The number of nitrogens with zero attached hydrogens (tertiary/aromatic N) is 2. The number of hydrogen-bond acceptors (Lipinski definition) is 3. The zero-order valence-electron chi connectivity index (χ0n) is 10.4. The van der Waals surface area contributed by atoms with Gasteiger partial charge in [0.2, 0.25) is 0 Å². The van der Waals surface area contributed by atoms with Crippen molar-refractivity contribution in [2.45, 2.75) is 31.7 Å². The average molecular weight is 249 g/mol. The van der Waals surface area contributed by atoms with Crippen LogP contribution in [0, 0.1) is 0 Å². The number of carbonyl (C=O) groups excluding carboxylic acids is 1. The summed E-state index contributed by atoms with van der Waals surface area (Å²) in [6.07, 6.45) is 7.08. The number of anilines is 1. The number of rotatable bonds is 3. The monoisotopic (exact) mass is 249 g/mol. The molecule has 0 aliphatic carbocycles. The first-order valence-electron chi connectivity index (χ1n) is 6.40. The molecule has 0 radical (unpaired) electrons. The minimum atomic E-state index is -0.0962. The lowest BCUT2D eigenvalue weighted by Gasteiger charge is -2.35. The molecule has 1 aliphatic rings. The zero-order valence-corrected chi connectivity index (χ0v) is 10.4. The Labute approximate surface area is 107 Å². The number of nitrogens with one attached hydrogen (secondary N) is 1. The van der Waals surface area contributed by atoms with Crippen molar-refractivity contribution in [2.75, 3.05) is 18.5 Å². The summed E-state index contributed by atoms with van der Waals surface area (Å²) in [7, 11) is 0. The topological polar surface area (TPSA) is 65.5 Å². The molecule has 18 heavy (non-hydrogen) atoms. The van der Waals surface area contributed by atoms with Crippen LogP contribution in [0.3, 0.4) is 0 Å². The van der Waals surface area contributed by atoms with Crippen LogP contribution in [0.4, 0.5) is 10.5 Å². The Morgan fingerprint density at radius 2 is 2.44 bits per heavy atom. The van der Waals surface area contributed by atoms with Gasteiger partial charge >= 0.3 is 6.03 Å². The molecular weight excluding hydrogens is 230 g/mol. The van der Waals surface area contributed by atoms with E-state index in [1.165, 1.54) is 0 Å². The minimum Gasteiger partial charge on any atom is -0.396 e. The van der Waals surface area contributed by atoms with Crippen LogP contribution in [0.15, 0.2) is 24.5 Å². The quantitative estimate of drug-likeness (QED) is 0.859. The third kappa shape index (κ3) is 3.20. The lowest BCUT2D eigenvalue weighted by molar-refractivity contribution is 0.141. The van der Waals surface area contributed by atoms with Crippen LogP contribution in [0.2, 0.25) is 0 Å². The Bertz CT molecular complexity index is 381. The molecule has 2 rings (SSSR count). The van der Waals surface area contributed by atoms with E-state index in [9.17, 15) is 4.79 Å². The van der Waals surface area contributed by atoms with Gasteiger partial charge in [-0.1, -0.05) is 0 Å². The third-order valence-electron chi connectivity index (χ3n) is 3.26. The fourth-order valence-electron chi connectivity index (χ4n) is 2.35. The van der Waals surface area contributed by atoms with Gasteiger partial charge in [0.15, 0.2) is 0 Å². The summed E-state index contributed by atoms with van der Waals surface area (Å²) in [6, 6.07) is 3.66. The third-order valence-corrected chi connectivity index (χ3v) is 3.26. The van der Waals surface area contributed by atoms with Crippen LogP contribution in [0.5, 0.6) is 0 Å². The molecular formula is C13H19N3O2. The lowest BCUT2D eigenvalue weighted by Crippen LogP contribution is -2.46. The first-order chi connectivity index (χ1) is 8.81. The smallest absolute Gasteiger partial charge is 0.322 e. The normalized spacial score (nSPS) is 19.6. The van der Waals surface area contributed by atoms with E-state index in [1.807, 2.05) is 11.0 Å². The SMILES string of the molecule is O=C(Nc1cccnc1)N1CCCCC1CCO. The van der Waals surface area contributed by atoms with E-state index in [0.29, 0.717) is 12.1 Å². The number of aliphatic hydroxyl groups is 1. The molecule has 2 amide bonds. The van der Waals surface area contributed by atoms with E-state index in [-0.39, 0.29) is 18.7 Å². The number of piperidine rings is 1. The Balaban J connectivity index is 1.98. The van der Waals surface area contributed by atoms with E-state index in [0.717, 1.165) is 25.8 Å². The van der Waals surface area contributed by atoms with Crippen molar-refractivity contribution in [3.63, 3.8) is 0 Å². The van der Waals surface area contributed by atoms with Gasteiger partial charge in [-0.2, -0.15) is 0 Å². The highest BCUT2D eigenvalue weighted by molar-refractivity contribution is 5.89. The van der Waals surface area contributed by atoms with Crippen molar-refractivity contribution in [3.05, 3.63) is 24.5 Å². The second kappa shape index (κ2) is 6.35. The largest absolute Gasteiger partial charge is 0.396 e. The zero-order chi connectivity index (χ0) is 12.8. The van der Waals surface area contributed by atoms with Crippen LogP contribution in [-0.4, -0.2) is 40.2 Å². The molecule has 1 aliphatic heterocycles. The van der Waals surface area contributed by atoms with Crippen LogP contribution in [0.25, 0.3) is 0 Å². The number of carbonyl (C=O) groups is 1. The van der Waals surface area contributed by atoms with Gasteiger partial charge in [0.05, 0.1) is 11.9 Å². The first kappa shape index (κ1) is 12.8. The summed E-state index contributed by atoms with van der Waals surface area (Å²) in [4.78, 5) is 17.9. The standard InChI is InChI=1S/C13H19N3O2/c17-9-6-12-5-1-2-8-16(12)13(18)15-11-4-3-7-14-10-11/h3-4,7,10,12,17H,1-2,5-6,8-9H2,(H,15,18). The van der Waals surface area contributed by atoms with E-state index in [2.05, 4.69) is 10.3 Å². The number of amides is 2. The molecule has 0 saturated carbocycles. The molecule has 0 aromatic carbocycles. The van der Waals surface area contributed by atoms with Gasteiger partial charge in [0.1, 0.15) is 0 Å². The van der Waals surface area contributed by atoms with Gasteiger partial charge < -0.3 is 15.3 Å². The number of urea groups is 1. The van der Waals surface area contributed by atoms with Crippen LogP contribution >= 0.6 is 0 Å². The number of pyridine rings is 1. The summed E-state index contributed by atoms with van der Waals surface area (Å²) in [5.74, 6) is 0. The Morgan fingerprint density at radius 3 is 3.17 bits per heavy atom.